The molecule has 1 unspecified atom stereocenters. The van der Waals surface area contributed by atoms with E-state index in [2.05, 4.69) is 6.92 Å². The first-order chi connectivity index (χ1) is 7.67. The second kappa shape index (κ2) is 6.51. The monoisotopic (exact) mass is 238 g/mol. The lowest BCUT2D eigenvalue weighted by Gasteiger charge is -2.10. The van der Waals surface area contributed by atoms with Crippen LogP contribution < -0.4 is 5.73 Å². The minimum Gasteiger partial charge on any atom is -0.330 e. The Morgan fingerprint density at radius 3 is 2.88 bits per heavy atom. The van der Waals surface area contributed by atoms with Gasteiger partial charge >= 0.3 is 0 Å². The molecule has 2 N–H and O–H groups in total. The lowest BCUT2D eigenvalue weighted by Crippen LogP contribution is -2.07. The van der Waals surface area contributed by atoms with Gasteiger partial charge in [-0.3, -0.25) is 0 Å². The van der Waals surface area contributed by atoms with Crippen molar-refractivity contribution in [1.29, 1.82) is 5.26 Å². The van der Waals surface area contributed by atoms with Crippen molar-refractivity contribution >= 4 is 11.8 Å². The normalized spacial score (nSPS) is 12.1. The Morgan fingerprint density at radius 1 is 1.56 bits per heavy atom. The molecule has 0 fully saturated rings. The average molecular weight is 238 g/mol. The minimum absolute atomic E-state index is 0.300. The minimum atomic E-state index is -0.300. The molecule has 16 heavy (non-hydrogen) atoms. The van der Waals surface area contributed by atoms with Gasteiger partial charge in [-0.15, -0.1) is 0 Å². The van der Waals surface area contributed by atoms with Gasteiger partial charge in [0.05, 0.1) is 11.6 Å². The van der Waals surface area contributed by atoms with E-state index in [0.29, 0.717) is 28.7 Å². The summed E-state index contributed by atoms with van der Waals surface area (Å²) in [6.45, 7) is 2.74. The maximum absolute atomic E-state index is 13.5. The molecule has 2 nitrogen and oxygen atoms in total. The highest BCUT2D eigenvalue weighted by Gasteiger charge is 2.06. The fraction of sp³-hybridized carbons (Fsp3) is 0.417. The second-order valence-corrected chi connectivity index (χ2v) is 5.04. The Labute approximate surface area is 99.6 Å². The largest absolute Gasteiger partial charge is 0.330 e. The van der Waals surface area contributed by atoms with Crippen LogP contribution in [0.3, 0.4) is 0 Å². The molecule has 0 amide bonds. The first-order valence-electron chi connectivity index (χ1n) is 5.17. The number of hydrogen-bond acceptors (Lipinski definition) is 3. The van der Waals surface area contributed by atoms with Gasteiger partial charge < -0.3 is 5.73 Å². The summed E-state index contributed by atoms with van der Waals surface area (Å²) < 4.78 is 13.5. The zero-order valence-corrected chi connectivity index (χ0v) is 10.1. The van der Waals surface area contributed by atoms with Gasteiger partial charge in [-0.1, -0.05) is 13.0 Å². The summed E-state index contributed by atoms with van der Waals surface area (Å²) in [6.07, 6.45) is 0.933. The summed E-state index contributed by atoms with van der Waals surface area (Å²) in [5.41, 5.74) is 6.45. The van der Waals surface area contributed by atoms with Crippen molar-refractivity contribution in [2.75, 3.05) is 6.54 Å². The van der Waals surface area contributed by atoms with Crippen LogP contribution in [0.2, 0.25) is 0 Å². The Bertz CT molecular complexity index is 387. The zero-order chi connectivity index (χ0) is 12.0. The van der Waals surface area contributed by atoms with E-state index < -0.39 is 0 Å². The molecule has 0 radical (unpaired) electrons. The molecule has 86 valence electrons. The third-order valence-corrected chi connectivity index (χ3v) is 3.56. The molecule has 0 saturated heterocycles. The van der Waals surface area contributed by atoms with Crippen LogP contribution in [0.15, 0.2) is 18.2 Å². The fourth-order valence-corrected chi connectivity index (χ4v) is 2.28. The van der Waals surface area contributed by atoms with Crippen LogP contribution in [0.5, 0.6) is 0 Å². The number of benzene rings is 1. The predicted molar refractivity (Wildman–Crippen MR) is 65.5 cm³/mol. The van der Waals surface area contributed by atoms with Gasteiger partial charge in [-0.25, -0.2) is 4.39 Å². The topological polar surface area (TPSA) is 49.8 Å². The molecule has 1 aromatic rings. The standard InChI is InChI=1S/C12H15FN2S/c1-9(4-5-14)16-8-11-3-2-10(7-15)6-12(11)13/h2-3,6,9H,4-5,8,14H2,1H3. The first-order valence-corrected chi connectivity index (χ1v) is 6.22. The van der Waals surface area contributed by atoms with Gasteiger partial charge in [-0.2, -0.15) is 17.0 Å². The van der Waals surface area contributed by atoms with E-state index in [1.165, 1.54) is 6.07 Å². The third-order valence-electron chi connectivity index (χ3n) is 2.28. The number of nitrogens with zero attached hydrogens (tertiary/aromatic N) is 1. The van der Waals surface area contributed by atoms with Gasteiger partial charge in [0, 0.05) is 11.0 Å². The highest BCUT2D eigenvalue weighted by molar-refractivity contribution is 7.99. The molecule has 0 aliphatic heterocycles. The third kappa shape index (κ3) is 3.84. The number of halogens is 1. The molecule has 0 aromatic heterocycles. The van der Waals surface area contributed by atoms with Gasteiger partial charge in [-0.05, 0) is 30.7 Å². The summed E-state index contributed by atoms with van der Waals surface area (Å²) in [6, 6.07) is 6.52. The van der Waals surface area contributed by atoms with Gasteiger partial charge in [0.15, 0.2) is 0 Å². The van der Waals surface area contributed by atoms with Crippen LogP contribution in [-0.2, 0) is 5.75 Å². The van der Waals surface area contributed by atoms with E-state index >= 15 is 0 Å². The van der Waals surface area contributed by atoms with Crippen molar-refractivity contribution in [2.24, 2.45) is 5.73 Å². The summed E-state index contributed by atoms with van der Waals surface area (Å²) in [4.78, 5) is 0. The number of rotatable bonds is 5. The molecule has 1 aromatic carbocycles. The van der Waals surface area contributed by atoms with Crippen LogP contribution in [-0.4, -0.2) is 11.8 Å². The summed E-state index contributed by atoms with van der Waals surface area (Å²) in [5.74, 6) is 0.324. The van der Waals surface area contributed by atoms with E-state index in [-0.39, 0.29) is 5.82 Å². The van der Waals surface area contributed by atoms with E-state index in [0.717, 1.165) is 6.42 Å². The molecule has 0 saturated carbocycles. The molecule has 0 aliphatic rings. The van der Waals surface area contributed by atoms with Gasteiger partial charge in [0.1, 0.15) is 5.82 Å². The van der Waals surface area contributed by atoms with Crippen molar-refractivity contribution in [3.05, 3.63) is 35.1 Å². The number of nitrogens with two attached hydrogens (primary N) is 1. The molecule has 1 atom stereocenters. The molecule has 0 spiro atoms. The van der Waals surface area contributed by atoms with E-state index in [9.17, 15) is 4.39 Å². The van der Waals surface area contributed by atoms with Crippen molar-refractivity contribution in [3.63, 3.8) is 0 Å². The Morgan fingerprint density at radius 2 is 2.31 bits per heavy atom. The van der Waals surface area contributed by atoms with Crippen LogP contribution in [0.1, 0.15) is 24.5 Å². The Balaban J connectivity index is 2.58. The van der Waals surface area contributed by atoms with Gasteiger partial charge in [0.25, 0.3) is 0 Å². The lowest BCUT2D eigenvalue weighted by atomic mass is 10.1. The highest BCUT2D eigenvalue weighted by Crippen LogP contribution is 2.21. The number of hydrogen-bond donors (Lipinski definition) is 1. The lowest BCUT2D eigenvalue weighted by molar-refractivity contribution is 0.616. The van der Waals surface area contributed by atoms with Crippen molar-refractivity contribution < 1.29 is 4.39 Å². The van der Waals surface area contributed by atoms with Crippen molar-refractivity contribution in [2.45, 2.75) is 24.3 Å². The molecule has 1 rings (SSSR count). The Kier molecular flexibility index (Phi) is 5.30. The smallest absolute Gasteiger partial charge is 0.128 e. The quantitative estimate of drug-likeness (QED) is 0.858. The van der Waals surface area contributed by atoms with Crippen LogP contribution in [0, 0.1) is 17.1 Å². The summed E-state index contributed by atoms with van der Waals surface area (Å²) >= 11 is 1.68. The van der Waals surface area contributed by atoms with E-state index in [1.807, 2.05) is 6.07 Å². The van der Waals surface area contributed by atoms with Crippen LogP contribution in [0.4, 0.5) is 4.39 Å². The number of nitriles is 1. The molecule has 0 aliphatic carbocycles. The molecular formula is C12H15FN2S. The first kappa shape index (κ1) is 13.0. The maximum Gasteiger partial charge on any atom is 0.128 e. The SMILES string of the molecule is CC(CCN)SCc1ccc(C#N)cc1F. The summed E-state index contributed by atoms with van der Waals surface area (Å²) in [5, 5.41) is 9.04. The molecule has 4 heteroatoms. The molecular weight excluding hydrogens is 223 g/mol. The van der Waals surface area contributed by atoms with Crippen molar-refractivity contribution in [3.8, 4) is 6.07 Å². The van der Waals surface area contributed by atoms with Crippen molar-refractivity contribution in [1.82, 2.24) is 0 Å². The average Bonchev–Trinajstić information content (AvgIpc) is 2.27. The Hall–Kier alpha value is -1.05. The van der Waals surface area contributed by atoms with E-state index in [1.54, 1.807) is 23.9 Å². The van der Waals surface area contributed by atoms with Crippen LogP contribution in [0.25, 0.3) is 0 Å². The zero-order valence-electron chi connectivity index (χ0n) is 9.24. The summed E-state index contributed by atoms with van der Waals surface area (Å²) in [7, 11) is 0. The van der Waals surface area contributed by atoms with Gasteiger partial charge in [0.2, 0.25) is 0 Å². The second-order valence-electron chi connectivity index (χ2n) is 3.62. The van der Waals surface area contributed by atoms with E-state index in [4.69, 9.17) is 11.0 Å². The maximum atomic E-state index is 13.5. The predicted octanol–water partition coefficient (Wildman–Crippen LogP) is 2.67. The molecule has 0 heterocycles. The number of thioether (sulfide) groups is 1. The highest BCUT2D eigenvalue weighted by atomic mass is 32.2. The fourth-order valence-electron chi connectivity index (χ4n) is 1.28. The van der Waals surface area contributed by atoms with Crippen LogP contribution >= 0.6 is 11.8 Å². The molecule has 0 bridgehead atoms.